The molecule has 0 aliphatic carbocycles. The smallest absolute Gasteiger partial charge is 0.109 e. The minimum absolute atomic E-state index is 0.639. The number of hydrogen-bond donors (Lipinski definition) is 1. The molecule has 2 N–H and O–H groups in total. The molecule has 4 rings (SSSR count). The van der Waals surface area contributed by atoms with Crippen molar-refractivity contribution in [3.63, 3.8) is 0 Å². The molecule has 0 saturated carbocycles. The number of nitrogens with two attached hydrogens (primary N) is 1. The first-order valence-electron chi connectivity index (χ1n) is 9.99. The van der Waals surface area contributed by atoms with E-state index in [0.717, 1.165) is 28.5 Å². The van der Waals surface area contributed by atoms with Gasteiger partial charge < -0.3 is 5.73 Å². The van der Waals surface area contributed by atoms with Gasteiger partial charge in [-0.3, -0.25) is 4.98 Å². The maximum atomic E-state index is 6.26. The van der Waals surface area contributed by atoms with Gasteiger partial charge in [-0.1, -0.05) is 67.9 Å². The summed E-state index contributed by atoms with van der Waals surface area (Å²) in [6.45, 7) is 2.21. The predicted molar refractivity (Wildman–Crippen MR) is 121 cm³/mol. The Morgan fingerprint density at radius 2 is 1.69 bits per heavy atom. The molecule has 0 aliphatic heterocycles. The topological polar surface area (TPSA) is 63.6 Å². The van der Waals surface area contributed by atoms with Crippen LogP contribution in [0, 0.1) is 0 Å². The number of hydrogen-bond acceptors (Lipinski definition) is 4. The summed E-state index contributed by atoms with van der Waals surface area (Å²) in [6.07, 6.45) is 5.30. The maximum Gasteiger partial charge on any atom is 0.109 e. The number of benzene rings is 3. The van der Waals surface area contributed by atoms with Crippen LogP contribution in [-0.2, 0) is 6.42 Å². The van der Waals surface area contributed by atoms with E-state index >= 15 is 0 Å². The molecule has 0 fully saturated rings. The lowest BCUT2D eigenvalue weighted by Crippen LogP contribution is -1.87. The monoisotopic (exact) mass is 380 g/mol. The van der Waals surface area contributed by atoms with Crippen LogP contribution in [0.15, 0.2) is 89.2 Å². The standard InChI is InChI=1S/C25H24N4/c1-2-3-6-18-9-11-20(12-10-18)23-16-14-21(17-27-23)28-29-24-15-13-19-7-4-5-8-22(19)25(24)26/h4-5,7-17H,2-3,6,26H2,1H3. The highest BCUT2D eigenvalue weighted by atomic mass is 15.1. The van der Waals surface area contributed by atoms with Crippen molar-refractivity contribution in [3.05, 3.63) is 84.6 Å². The number of azo groups is 1. The van der Waals surface area contributed by atoms with E-state index in [-0.39, 0.29) is 0 Å². The second kappa shape index (κ2) is 8.65. The molecule has 0 saturated heterocycles. The Labute approximate surface area is 171 Å². The minimum atomic E-state index is 0.639. The molecule has 29 heavy (non-hydrogen) atoms. The van der Waals surface area contributed by atoms with Crippen LogP contribution in [0.2, 0.25) is 0 Å². The highest BCUT2D eigenvalue weighted by Crippen LogP contribution is 2.32. The SMILES string of the molecule is CCCCc1ccc(-c2ccc(N=Nc3ccc4ccccc4c3N)cn2)cc1. The average molecular weight is 380 g/mol. The summed E-state index contributed by atoms with van der Waals surface area (Å²) in [6, 6.07) is 24.4. The largest absolute Gasteiger partial charge is 0.396 e. The highest BCUT2D eigenvalue weighted by molar-refractivity contribution is 5.97. The number of rotatable bonds is 6. The van der Waals surface area contributed by atoms with Crippen molar-refractivity contribution in [1.29, 1.82) is 0 Å². The third-order valence-corrected chi connectivity index (χ3v) is 5.04. The summed E-state index contributed by atoms with van der Waals surface area (Å²) in [5.41, 5.74) is 11.7. The van der Waals surface area contributed by atoms with E-state index in [1.165, 1.54) is 18.4 Å². The Morgan fingerprint density at radius 1 is 0.862 bits per heavy atom. The van der Waals surface area contributed by atoms with Gasteiger partial charge in [0.25, 0.3) is 0 Å². The van der Waals surface area contributed by atoms with Crippen molar-refractivity contribution < 1.29 is 0 Å². The predicted octanol–water partition coefficient (Wildman–Crippen LogP) is 7.24. The first-order valence-corrected chi connectivity index (χ1v) is 9.99. The first-order chi connectivity index (χ1) is 14.2. The fraction of sp³-hybridized carbons (Fsp3) is 0.160. The molecule has 0 spiro atoms. The number of aromatic nitrogens is 1. The molecule has 4 nitrogen and oxygen atoms in total. The normalized spacial score (nSPS) is 11.3. The van der Waals surface area contributed by atoms with Crippen LogP contribution in [0.3, 0.4) is 0 Å². The van der Waals surface area contributed by atoms with Gasteiger partial charge >= 0.3 is 0 Å². The zero-order valence-corrected chi connectivity index (χ0v) is 16.5. The van der Waals surface area contributed by atoms with Crippen molar-refractivity contribution >= 4 is 27.8 Å². The third-order valence-electron chi connectivity index (χ3n) is 5.04. The van der Waals surface area contributed by atoms with Gasteiger partial charge in [0.15, 0.2) is 0 Å². The molecule has 4 heteroatoms. The van der Waals surface area contributed by atoms with Crippen LogP contribution in [0.5, 0.6) is 0 Å². The Balaban J connectivity index is 1.50. The summed E-state index contributed by atoms with van der Waals surface area (Å²) in [5.74, 6) is 0. The van der Waals surface area contributed by atoms with Gasteiger partial charge in [0.1, 0.15) is 11.4 Å². The van der Waals surface area contributed by atoms with Crippen LogP contribution in [0.25, 0.3) is 22.0 Å². The Morgan fingerprint density at radius 3 is 2.45 bits per heavy atom. The van der Waals surface area contributed by atoms with E-state index in [0.29, 0.717) is 17.1 Å². The van der Waals surface area contributed by atoms with E-state index in [2.05, 4.69) is 46.4 Å². The lowest BCUT2D eigenvalue weighted by molar-refractivity contribution is 0.795. The molecule has 0 unspecified atom stereocenters. The summed E-state index contributed by atoms with van der Waals surface area (Å²) in [4.78, 5) is 4.54. The van der Waals surface area contributed by atoms with E-state index < -0.39 is 0 Å². The van der Waals surface area contributed by atoms with Gasteiger partial charge in [0, 0.05) is 10.9 Å². The number of aryl methyl sites for hydroxylation is 1. The zero-order chi connectivity index (χ0) is 20.1. The van der Waals surface area contributed by atoms with Gasteiger partial charge in [0.2, 0.25) is 0 Å². The molecule has 1 heterocycles. The molecule has 0 aliphatic rings. The van der Waals surface area contributed by atoms with E-state index in [1.54, 1.807) is 6.20 Å². The van der Waals surface area contributed by atoms with Crippen LogP contribution in [-0.4, -0.2) is 4.98 Å². The van der Waals surface area contributed by atoms with Crippen molar-refractivity contribution in [2.24, 2.45) is 10.2 Å². The van der Waals surface area contributed by atoms with E-state index in [4.69, 9.17) is 5.73 Å². The van der Waals surface area contributed by atoms with Gasteiger partial charge in [-0.05, 0) is 42.0 Å². The van der Waals surface area contributed by atoms with Crippen LogP contribution in [0.1, 0.15) is 25.3 Å². The molecule has 0 amide bonds. The molecule has 1 aromatic heterocycles. The fourth-order valence-electron chi connectivity index (χ4n) is 3.32. The van der Waals surface area contributed by atoms with Crippen LogP contribution >= 0.6 is 0 Å². The molecule has 0 bridgehead atoms. The van der Waals surface area contributed by atoms with Crippen molar-refractivity contribution in [3.8, 4) is 11.3 Å². The summed E-state index contributed by atoms with van der Waals surface area (Å²) >= 11 is 0. The van der Waals surface area contributed by atoms with Crippen LogP contribution in [0.4, 0.5) is 17.1 Å². The third kappa shape index (κ3) is 4.32. The van der Waals surface area contributed by atoms with Gasteiger partial charge in [-0.2, -0.15) is 0 Å². The minimum Gasteiger partial charge on any atom is -0.396 e. The van der Waals surface area contributed by atoms with Gasteiger partial charge in [0.05, 0.1) is 17.6 Å². The number of nitrogens with zero attached hydrogens (tertiary/aromatic N) is 3. The second-order valence-electron chi connectivity index (χ2n) is 7.12. The molecule has 3 aromatic carbocycles. The molecule has 144 valence electrons. The summed E-state index contributed by atoms with van der Waals surface area (Å²) in [5, 5.41) is 10.7. The van der Waals surface area contributed by atoms with E-state index in [9.17, 15) is 0 Å². The quantitative estimate of drug-likeness (QED) is 0.283. The molecule has 0 atom stereocenters. The lowest BCUT2D eigenvalue weighted by Gasteiger charge is -2.05. The number of pyridine rings is 1. The molecule has 4 aromatic rings. The van der Waals surface area contributed by atoms with Gasteiger partial charge in [-0.15, -0.1) is 10.2 Å². The number of anilines is 1. The van der Waals surface area contributed by atoms with Crippen molar-refractivity contribution in [2.45, 2.75) is 26.2 Å². The molecular weight excluding hydrogens is 356 g/mol. The number of fused-ring (bicyclic) bond motifs is 1. The van der Waals surface area contributed by atoms with Gasteiger partial charge in [-0.25, -0.2) is 0 Å². The highest BCUT2D eigenvalue weighted by Gasteiger charge is 2.04. The summed E-state index contributed by atoms with van der Waals surface area (Å²) in [7, 11) is 0. The number of unbranched alkanes of at least 4 members (excludes halogenated alkanes) is 1. The Bertz CT molecular complexity index is 1130. The van der Waals surface area contributed by atoms with Crippen LogP contribution < -0.4 is 5.73 Å². The van der Waals surface area contributed by atoms with Crippen molar-refractivity contribution in [2.75, 3.05) is 5.73 Å². The Hall–Kier alpha value is -3.53. The zero-order valence-electron chi connectivity index (χ0n) is 16.5. The fourth-order valence-corrected chi connectivity index (χ4v) is 3.32. The molecule has 0 radical (unpaired) electrons. The average Bonchev–Trinajstić information content (AvgIpc) is 2.78. The van der Waals surface area contributed by atoms with E-state index in [1.807, 2.05) is 48.5 Å². The maximum absolute atomic E-state index is 6.26. The second-order valence-corrected chi connectivity index (χ2v) is 7.12. The Kier molecular flexibility index (Phi) is 5.61. The number of nitrogen functional groups attached to an aromatic ring is 1. The molecular formula is C25H24N4. The lowest BCUT2D eigenvalue weighted by atomic mass is 10.0. The first kappa shape index (κ1) is 18.8. The summed E-state index contributed by atoms with van der Waals surface area (Å²) < 4.78 is 0. The van der Waals surface area contributed by atoms with Crippen molar-refractivity contribution in [1.82, 2.24) is 4.98 Å².